The number of esters is 1. The van der Waals surface area contributed by atoms with E-state index in [1.165, 1.54) is 44.1 Å². The summed E-state index contributed by atoms with van der Waals surface area (Å²) in [6, 6.07) is 10.2. The Balaban J connectivity index is 1.13. The predicted molar refractivity (Wildman–Crippen MR) is 122 cm³/mol. The quantitative estimate of drug-likeness (QED) is 0.413. The summed E-state index contributed by atoms with van der Waals surface area (Å²) in [6.07, 6.45) is 11.7. The van der Waals surface area contributed by atoms with Crippen LogP contribution in [-0.4, -0.2) is 40.7 Å². The molecular weight excluding hydrogens is 392 g/mol. The lowest BCUT2D eigenvalue weighted by atomic mass is 9.53. The van der Waals surface area contributed by atoms with Crippen LogP contribution >= 0.6 is 12.2 Å². The molecule has 5 fully saturated rings. The zero-order chi connectivity index (χ0) is 20.6. The van der Waals surface area contributed by atoms with Gasteiger partial charge >= 0.3 is 5.97 Å². The predicted octanol–water partition coefficient (Wildman–Crippen LogP) is 4.47. The topological polar surface area (TPSA) is 41.6 Å². The van der Waals surface area contributed by atoms with Gasteiger partial charge in [-0.2, -0.15) is 0 Å². The molecule has 4 bridgehead atoms. The summed E-state index contributed by atoms with van der Waals surface area (Å²) in [5.74, 6) is 2.55. The van der Waals surface area contributed by atoms with E-state index in [2.05, 4.69) is 34.5 Å². The van der Waals surface area contributed by atoms with Crippen molar-refractivity contribution in [2.24, 2.45) is 17.8 Å². The second-order valence-electron chi connectivity index (χ2n) is 10.2. The third kappa shape index (κ3) is 4.23. The summed E-state index contributed by atoms with van der Waals surface area (Å²) >= 11 is 5.85. The summed E-state index contributed by atoms with van der Waals surface area (Å²) in [7, 11) is 0. The Bertz CT molecular complexity index is 745. The van der Waals surface area contributed by atoms with Gasteiger partial charge in [-0.1, -0.05) is 30.3 Å². The zero-order valence-electron chi connectivity index (χ0n) is 17.9. The van der Waals surface area contributed by atoms with Crippen LogP contribution in [0.4, 0.5) is 0 Å². The standard InChI is InChI=1S/C25H34N2O2S/c28-23(29-11-5-8-18-6-2-1-3-7-18)22-9-4-10-27(22)24(30)26-25-15-19-12-20(16-25)14-21(13-19)17-25/h1-3,6-7,19-22H,4-5,8-17H2,(H,26,30)/t19?,20?,21?,22-,25?/m0/s1. The normalized spacial score (nSPS) is 34.2. The Kier molecular flexibility index (Phi) is 5.74. The highest BCUT2D eigenvalue weighted by Crippen LogP contribution is 2.55. The van der Waals surface area contributed by atoms with E-state index in [9.17, 15) is 4.79 Å². The summed E-state index contributed by atoms with van der Waals surface area (Å²) in [5, 5.41) is 4.58. The highest BCUT2D eigenvalue weighted by Gasteiger charge is 2.51. The Hall–Kier alpha value is -1.62. The third-order valence-corrected chi connectivity index (χ3v) is 8.23. The van der Waals surface area contributed by atoms with Gasteiger partial charge in [0.15, 0.2) is 5.11 Å². The molecule has 5 heteroatoms. The minimum atomic E-state index is -0.212. The lowest BCUT2D eigenvalue weighted by molar-refractivity contribution is -0.147. The zero-order valence-corrected chi connectivity index (χ0v) is 18.7. The van der Waals surface area contributed by atoms with Gasteiger partial charge in [0.25, 0.3) is 0 Å². The molecule has 0 unspecified atom stereocenters. The van der Waals surface area contributed by atoms with E-state index >= 15 is 0 Å². The van der Waals surface area contributed by atoms with Crippen LogP contribution in [0.1, 0.15) is 63.4 Å². The second-order valence-corrected chi connectivity index (χ2v) is 10.6. The fourth-order valence-corrected chi connectivity index (χ4v) is 7.44. The molecule has 6 rings (SSSR count). The Morgan fingerprint density at radius 1 is 1.10 bits per heavy atom. The number of nitrogens with zero attached hydrogens (tertiary/aromatic N) is 1. The van der Waals surface area contributed by atoms with Crippen molar-refractivity contribution < 1.29 is 9.53 Å². The molecule has 1 aromatic carbocycles. The van der Waals surface area contributed by atoms with Crippen molar-refractivity contribution in [3.8, 4) is 0 Å². The Morgan fingerprint density at radius 3 is 2.43 bits per heavy atom. The van der Waals surface area contributed by atoms with E-state index in [0.29, 0.717) is 6.61 Å². The van der Waals surface area contributed by atoms with E-state index in [1.54, 1.807) is 0 Å². The van der Waals surface area contributed by atoms with Crippen LogP contribution in [0.3, 0.4) is 0 Å². The lowest BCUT2D eigenvalue weighted by Crippen LogP contribution is -2.62. The number of carbonyl (C=O) groups excluding carboxylic acids is 1. The number of benzene rings is 1. The van der Waals surface area contributed by atoms with Crippen molar-refractivity contribution in [3.05, 3.63) is 35.9 Å². The SMILES string of the molecule is O=C(OCCCc1ccccc1)[C@@H]1CCCN1C(=S)NC12CC3CC(CC(C3)C1)C2. The maximum atomic E-state index is 12.8. The van der Waals surface area contributed by atoms with E-state index in [-0.39, 0.29) is 17.6 Å². The van der Waals surface area contributed by atoms with E-state index in [4.69, 9.17) is 17.0 Å². The molecule has 0 spiro atoms. The Labute approximate surface area is 185 Å². The number of rotatable bonds is 6. The van der Waals surface area contributed by atoms with Crippen molar-refractivity contribution in [2.45, 2.75) is 75.8 Å². The van der Waals surface area contributed by atoms with Gasteiger partial charge in [0.1, 0.15) is 6.04 Å². The number of carbonyl (C=O) groups is 1. The number of ether oxygens (including phenoxy) is 1. The molecule has 0 amide bonds. The highest BCUT2D eigenvalue weighted by atomic mass is 32.1. The van der Waals surface area contributed by atoms with Crippen LogP contribution in [0.25, 0.3) is 0 Å². The number of nitrogens with one attached hydrogen (secondary N) is 1. The molecule has 1 aliphatic heterocycles. The van der Waals surface area contributed by atoms with Crippen molar-refractivity contribution in [3.63, 3.8) is 0 Å². The maximum Gasteiger partial charge on any atom is 0.328 e. The molecule has 1 aromatic rings. The molecule has 4 saturated carbocycles. The van der Waals surface area contributed by atoms with Crippen LogP contribution in [0.2, 0.25) is 0 Å². The van der Waals surface area contributed by atoms with Crippen molar-refractivity contribution in [1.82, 2.24) is 10.2 Å². The van der Waals surface area contributed by atoms with Crippen LogP contribution in [-0.2, 0) is 16.0 Å². The van der Waals surface area contributed by atoms with E-state index < -0.39 is 0 Å². The van der Waals surface area contributed by atoms with Gasteiger partial charge in [0.05, 0.1) is 6.61 Å². The fraction of sp³-hybridized carbons (Fsp3) is 0.680. The van der Waals surface area contributed by atoms with Gasteiger partial charge in [-0.3, -0.25) is 0 Å². The van der Waals surface area contributed by atoms with Crippen LogP contribution in [0, 0.1) is 17.8 Å². The summed E-state index contributed by atoms with van der Waals surface area (Å²) in [4.78, 5) is 14.9. The Morgan fingerprint density at radius 2 is 1.77 bits per heavy atom. The van der Waals surface area contributed by atoms with Gasteiger partial charge < -0.3 is 15.0 Å². The summed E-state index contributed by atoms with van der Waals surface area (Å²) < 4.78 is 5.65. The monoisotopic (exact) mass is 426 g/mol. The first kappa shape index (κ1) is 20.3. The molecule has 0 radical (unpaired) electrons. The van der Waals surface area contributed by atoms with E-state index in [0.717, 1.165) is 55.1 Å². The first-order chi connectivity index (χ1) is 14.6. The fourth-order valence-electron chi connectivity index (χ4n) is 7.01. The van der Waals surface area contributed by atoms with Crippen LogP contribution in [0.5, 0.6) is 0 Å². The second kappa shape index (κ2) is 8.49. The molecule has 1 atom stereocenters. The molecule has 1 N–H and O–H groups in total. The average molecular weight is 427 g/mol. The number of thiocarbonyl (C=S) groups is 1. The number of likely N-dealkylation sites (tertiary alicyclic amines) is 1. The van der Waals surface area contributed by atoms with Gasteiger partial charge in [-0.05, 0) is 99.7 Å². The minimum Gasteiger partial charge on any atom is -0.464 e. The minimum absolute atomic E-state index is 0.102. The van der Waals surface area contributed by atoms with Crippen molar-refractivity contribution in [2.75, 3.05) is 13.2 Å². The lowest BCUT2D eigenvalue weighted by Gasteiger charge is -2.57. The molecule has 1 saturated heterocycles. The van der Waals surface area contributed by atoms with Gasteiger partial charge in [-0.25, -0.2) is 4.79 Å². The molecule has 162 valence electrons. The summed E-state index contributed by atoms with van der Waals surface area (Å²) in [6.45, 7) is 1.34. The van der Waals surface area contributed by atoms with Gasteiger partial charge in [0, 0.05) is 12.1 Å². The smallest absolute Gasteiger partial charge is 0.328 e. The van der Waals surface area contributed by atoms with E-state index in [1.807, 2.05) is 6.07 Å². The van der Waals surface area contributed by atoms with Crippen molar-refractivity contribution >= 4 is 23.3 Å². The van der Waals surface area contributed by atoms with Crippen molar-refractivity contribution in [1.29, 1.82) is 0 Å². The first-order valence-corrected chi connectivity index (χ1v) is 12.3. The molecule has 4 nitrogen and oxygen atoms in total. The first-order valence-electron chi connectivity index (χ1n) is 11.9. The number of hydrogen-bond acceptors (Lipinski definition) is 3. The molecule has 0 aromatic heterocycles. The molecule has 30 heavy (non-hydrogen) atoms. The van der Waals surface area contributed by atoms with Gasteiger partial charge in [-0.15, -0.1) is 0 Å². The molecule has 5 aliphatic rings. The molecule has 1 heterocycles. The maximum absolute atomic E-state index is 12.8. The number of hydrogen-bond donors (Lipinski definition) is 1. The van der Waals surface area contributed by atoms with Gasteiger partial charge in [0.2, 0.25) is 0 Å². The highest BCUT2D eigenvalue weighted by molar-refractivity contribution is 7.80. The molecular formula is C25H34N2O2S. The average Bonchev–Trinajstić information content (AvgIpc) is 3.21. The summed E-state index contributed by atoms with van der Waals surface area (Å²) in [5.41, 5.74) is 1.48. The largest absolute Gasteiger partial charge is 0.464 e. The number of aryl methyl sites for hydroxylation is 1. The third-order valence-electron chi connectivity index (χ3n) is 7.89. The molecule has 4 aliphatic carbocycles. The van der Waals surface area contributed by atoms with Crippen LogP contribution < -0.4 is 5.32 Å². The van der Waals surface area contributed by atoms with Crippen LogP contribution in [0.15, 0.2) is 30.3 Å².